The molecule has 0 saturated heterocycles. The smallest absolute Gasteiger partial charge is 0.0934 e. The first-order valence-electron chi connectivity index (χ1n) is 6.54. The Morgan fingerprint density at radius 3 is 2.41 bits per heavy atom. The lowest BCUT2D eigenvalue weighted by Gasteiger charge is -2.17. The van der Waals surface area contributed by atoms with E-state index in [-0.39, 0.29) is 5.41 Å². The quantitative estimate of drug-likeness (QED) is 0.865. The summed E-state index contributed by atoms with van der Waals surface area (Å²) in [6.07, 6.45) is 1.10. The third kappa shape index (κ3) is 4.40. The summed E-state index contributed by atoms with van der Waals surface area (Å²) in [7, 11) is 0. The minimum absolute atomic E-state index is 0.149. The van der Waals surface area contributed by atoms with Crippen LogP contribution in [0.4, 0.5) is 0 Å². The van der Waals surface area contributed by atoms with E-state index in [9.17, 15) is 0 Å². The predicted molar refractivity (Wildman–Crippen MR) is 76.7 cm³/mol. The molecule has 17 heavy (non-hydrogen) atoms. The van der Waals surface area contributed by atoms with Crippen molar-refractivity contribution in [1.82, 2.24) is 10.3 Å². The molecule has 1 rings (SSSR count). The lowest BCUT2D eigenvalue weighted by Crippen LogP contribution is -2.18. The number of hydrogen-bond acceptors (Lipinski definition) is 3. The van der Waals surface area contributed by atoms with Gasteiger partial charge in [-0.25, -0.2) is 4.98 Å². The van der Waals surface area contributed by atoms with E-state index in [2.05, 4.69) is 46.9 Å². The SMILES string of the molecule is CCNCc1sc(CC(C)C)nc1C(C)(C)C. The van der Waals surface area contributed by atoms with Crippen molar-refractivity contribution in [2.24, 2.45) is 5.92 Å². The van der Waals surface area contributed by atoms with Gasteiger partial charge in [0.05, 0.1) is 10.7 Å². The van der Waals surface area contributed by atoms with Crippen molar-refractivity contribution in [3.8, 4) is 0 Å². The lowest BCUT2D eigenvalue weighted by molar-refractivity contribution is 0.555. The molecule has 0 radical (unpaired) electrons. The van der Waals surface area contributed by atoms with E-state index in [4.69, 9.17) is 4.98 Å². The molecule has 1 N–H and O–H groups in total. The molecule has 0 spiro atoms. The van der Waals surface area contributed by atoms with Crippen molar-refractivity contribution in [1.29, 1.82) is 0 Å². The van der Waals surface area contributed by atoms with Gasteiger partial charge in [-0.1, -0.05) is 41.5 Å². The van der Waals surface area contributed by atoms with Gasteiger partial charge in [0, 0.05) is 23.3 Å². The van der Waals surface area contributed by atoms with Crippen LogP contribution in [0.3, 0.4) is 0 Å². The topological polar surface area (TPSA) is 24.9 Å². The van der Waals surface area contributed by atoms with E-state index < -0.39 is 0 Å². The summed E-state index contributed by atoms with van der Waals surface area (Å²) in [6.45, 7) is 15.4. The van der Waals surface area contributed by atoms with Crippen LogP contribution in [0.5, 0.6) is 0 Å². The maximum absolute atomic E-state index is 4.85. The summed E-state index contributed by atoms with van der Waals surface area (Å²) in [6, 6.07) is 0. The summed E-state index contributed by atoms with van der Waals surface area (Å²) < 4.78 is 0. The maximum atomic E-state index is 4.85. The van der Waals surface area contributed by atoms with Gasteiger partial charge in [0.1, 0.15) is 0 Å². The van der Waals surface area contributed by atoms with Crippen molar-refractivity contribution in [3.05, 3.63) is 15.6 Å². The Balaban J connectivity index is 2.95. The van der Waals surface area contributed by atoms with Crippen molar-refractivity contribution in [2.75, 3.05) is 6.54 Å². The van der Waals surface area contributed by atoms with Crippen LogP contribution in [0.1, 0.15) is 57.1 Å². The molecule has 0 fully saturated rings. The van der Waals surface area contributed by atoms with E-state index in [1.807, 2.05) is 11.3 Å². The zero-order valence-electron chi connectivity index (χ0n) is 12.1. The van der Waals surface area contributed by atoms with Gasteiger partial charge in [-0.15, -0.1) is 11.3 Å². The first kappa shape index (κ1) is 14.7. The zero-order chi connectivity index (χ0) is 13.1. The van der Waals surface area contributed by atoms with Crippen LogP contribution in [0.25, 0.3) is 0 Å². The average Bonchev–Trinajstić information content (AvgIpc) is 2.56. The van der Waals surface area contributed by atoms with E-state index in [0.29, 0.717) is 5.92 Å². The molecule has 1 heterocycles. The van der Waals surface area contributed by atoms with Gasteiger partial charge in [0.2, 0.25) is 0 Å². The fourth-order valence-corrected chi connectivity index (χ4v) is 3.24. The van der Waals surface area contributed by atoms with Gasteiger partial charge < -0.3 is 5.32 Å². The van der Waals surface area contributed by atoms with Gasteiger partial charge >= 0.3 is 0 Å². The van der Waals surface area contributed by atoms with Crippen molar-refractivity contribution in [2.45, 2.75) is 59.9 Å². The minimum Gasteiger partial charge on any atom is -0.312 e. The van der Waals surface area contributed by atoms with E-state index in [0.717, 1.165) is 19.5 Å². The number of rotatable bonds is 5. The van der Waals surface area contributed by atoms with Crippen LogP contribution < -0.4 is 5.32 Å². The van der Waals surface area contributed by atoms with Gasteiger partial charge in [-0.3, -0.25) is 0 Å². The number of hydrogen-bond donors (Lipinski definition) is 1. The Morgan fingerprint density at radius 1 is 1.29 bits per heavy atom. The fraction of sp³-hybridized carbons (Fsp3) is 0.786. The largest absolute Gasteiger partial charge is 0.312 e. The molecule has 0 saturated carbocycles. The molecule has 0 aromatic carbocycles. The first-order valence-corrected chi connectivity index (χ1v) is 7.36. The third-order valence-electron chi connectivity index (χ3n) is 2.57. The summed E-state index contributed by atoms with van der Waals surface area (Å²) in [5, 5.41) is 4.70. The second kappa shape index (κ2) is 5.96. The van der Waals surface area contributed by atoms with Crippen LogP contribution >= 0.6 is 11.3 Å². The predicted octanol–water partition coefficient (Wildman–Crippen LogP) is 3.75. The van der Waals surface area contributed by atoms with E-state index in [1.54, 1.807) is 0 Å². The van der Waals surface area contributed by atoms with E-state index in [1.165, 1.54) is 15.6 Å². The Hall–Kier alpha value is -0.410. The molecular formula is C14H26N2S. The van der Waals surface area contributed by atoms with Gasteiger partial charge in [0.15, 0.2) is 0 Å². The van der Waals surface area contributed by atoms with Crippen LogP contribution in [-0.2, 0) is 18.4 Å². The Morgan fingerprint density at radius 2 is 1.94 bits per heavy atom. The highest BCUT2D eigenvalue weighted by molar-refractivity contribution is 7.11. The first-order chi connectivity index (χ1) is 7.84. The number of aromatic nitrogens is 1. The van der Waals surface area contributed by atoms with Crippen molar-refractivity contribution < 1.29 is 0 Å². The van der Waals surface area contributed by atoms with Gasteiger partial charge in [-0.05, 0) is 12.5 Å². The van der Waals surface area contributed by atoms with Crippen molar-refractivity contribution >= 4 is 11.3 Å². The van der Waals surface area contributed by atoms with Gasteiger partial charge in [0.25, 0.3) is 0 Å². The fourth-order valence-electron chi connectivity index (χ4n) is 1.78. The second-order valence-corrected chi connectivity index (χ2v) is 7.18. The summed E-state index contributed by atoms with van der Waals surface area (Å²) in [5.74, 6) is 0.681. The summed E-state index contributed by atoms with van der Waals surface area (Å²) in [4.78, 5) is 6.27. The van der Waals surface area contributed by atoms with Crippen LogP contribution in [0, 0.1) is 5.92 Å². The minimum atomic E-state index is 0.149. The highest BCUT2D eigenvalue weighted by Gasteiger charge is 2.22. The van der Waals surface area contributed by atoms with Crippen LogP contribution in [0.2, 0.25) is 0 Å². The molecule has 3 heteroatoms. The molecule has 98 valence electrons. The van der Waals surface area contributed by atoms with Crippen LogP contribution in [-0.4, -0.2) is 11.5 Å². The monoisotopic (exact) mass is 254 g/mol. The normalized spacial score (nSPS) is 12.4. The Kier molecular flexibility index (Phi) is 5.14. The lowest BCUT2D eigenvalue weighted by atomic mass is 9.91. The maximum Gasteiger partial charge on any atom is 0.0934 e. The molecule has 0 aliphatic rings. The molecule has 0 amide bonds. The Bertz CT molecular complexity index is 348. The van der Waals surface area contributed by atoms with Gasteiger partial charge in [-0.2, -0.15) is 0 Å². The molecular weight excluding hydrogens is 228 g/mol. The molecule has 0 atom stereocenters. The molecule has 0 aliphatic carbocycles. The number of thiazole rings is 1. The Labute approximate surface area is 110 Å². The zero-order valence-corrected chi connectivity index (χ0v) is 12.9. The van der Waals surface area contributed by atoms with E-state index >= 15 is 0 Å². The number of nitrogens with zero attached hydrogens (tertiary/aromatic N) is 1. The molecule has 0 aliphatic heterocycles. The molecule has 1 aromatic heterocycles. The highest BCUT2D eigenvalue weighted by atomic mass is 32.1. The number of nitrogens with one attached hydrogen (secondary N) is 1. The standard InChI is InChI=1S/C14H26N2S/c1-7-15-9-11-13(14(4,5)6)16-12(17-11)8-10(2)3/h10,15H,7-9H2,1-6H3. The highest BCUT2D eigenvalue weighted by Crippen LogP contribution is 2.30. The average molecular weight is 254 g/mol. The van der Waals surface area contributed by atoms with Crippen molar-refractivity contribution in [3.63, 3.8) is 0 Å². The molecule has 0 unspecified atom stereocenters. The second-order valence-electron chi connectivity index (χ2n) is 6.01. The summed E-state index contributed by atoms with van der Waals surface area (Å²) in [5.41, 5.74) is 1.43. The summed E-state index contributed by atoms with van der Waals surface area (Å²) >= 11 is 1.88. The molecule has 0 bridgehead atoms. The molecule has 2 nitrogen and oxygen atoms in total. The molecule has 1 aromatic rings. The third-order valence-corrected chi connectivity index (χ3v) is 3.65. The van der Waals surface area contributed by atoms with Crippen LogP contribution in [0.15, 0.2) is 0 Å².